The molecule has 0 unspecified atom stereocenters. The van der Waals surface area contributed by atoms with Gasteiger partial charge in [-0.15, -0.1) is 0 Å². The second kappa shape index (κ2) is 11.5. The monoisotopic (exact) mass is 535 g/mol. The molecule has 1 aromatic carbocycles. The molecule has 1 saturated carbocycles. The predicted octanol–water partition coefficient (Wildman–Crippen LogP) is 1.77. The summed E-state index contributed by atoms with van der Waals surface area (Å²) in [7, 11) is 0. The van der Waals surface area contributed by atoms with E-state index in [2.05, 4.69) is 25.8 Å². The Balaban J connectivity index is 1.16. The molecule has 3 N–H and O–H groups in total. The van der Waals surface area contributed by atoms with Gasteiger partial charge in [0.25, 0.3) is 5.91 Å². The fourth-order valence-electron chi connectivity index (χ4n) is 5.31. The lowest BCUT2D eigenvalue weighted by atomic mass is 9.81. The molecule has 11 nitrogen and oxygen atoms in total. The van der Waals surface area contributed by atoms with Gasteiger partial charge < -0.3 is 25.3 Å². The molecule has 206 valence electrons. The number of nitrogens with zero attached hydrogens (tertiary/aromatic N) is 3. The minimum atomic E-state index is -1.01. The Kier molecular flexibility index (Phi) is 7.87. The Hall–Kier alpha value is -3.86. The first-order valence-corrected chi connectivity index (χ1v) is 13.4. The maximum Gasteiger partial charge on any atom is 0.270 e. The van der Waals surface area contributed by atoms with Crippen molar-refractivity contribution in [1.82, 2.24) is 20.6 Å². The second-order valence-electron chi connectivity index (χ2n) is 10.5. The van der Waals surface area contributed by atoms with Gasteiger partial charge in [0.1, 0.15) is 41.8 Å². The summed E-state index contributed by atoms with van der Waals surface area (Å²) in [5.74, 6) is 0.822. The first-order chi connectivity index (χ1) is 18.7. The summed E-state index contributed by atoms with van der Waals surface area (Å²) in [6, 6.07) is 7.26. The first kappa shape index (κ1) is 26.7. The van der Waals surface area contributed by atoms with Gasteiger partial charge in [0.15, 0.2) is 5.78 Å². The summed E-state index contributed by atoms with van der Waals surface area (Å²) in [6.45, 7) is 3.58. The number of aliphatic hydroxyl groups excluding tert-OH is 1. The third-order valence-electron chi connectivity index (χ3n) is 7.44. The zero-order valence-corrected chi connectivity index (χ0v) is 22.1. The van der Waals surface area contributed by atoms with Crippen molar-refractivity contribution in [1.29, 1.82) is 0 Å². The number of Topliss-reactive ketones (excluding diaryl/α,β-unsaturated/α-hetero) is 1. The molecule has 1 fully saturated rings. The minimum absolute atomic E-state index is 0.0302. The van der Waals surface area contributed by atoms with Gasteiger partial charge in [-0.05, 0) is 69.2 Å². The van der Waals surface area contributed by atoms with Crippen molar-refractivity contribution in [2.24, 2.45) is 11.1 Å². The highest BCUT2D eigenvalue weighted by Gasteiger charge is 2.34. The maximum atomic E-state index is 12.9. The number of hydrogen-bond donors (Lipinski definition) is 3. The fraction of sp³-hybridized carbons (Fsp3) is 0.500. The molecule has 1 aromatic heterocycles. The molecule has 2 aromatic rings. The third-order valence-corrected chi connectivity index (χ3v) is 7.44. The number of hydrogen-bond acceptors (Lipinski definition) is 9. The molecule has 11 heteroatoms. The number of benzene rings is 1. The Labute approximate surface area is 226 Å². The highest BCUT2D eigenvalue weighted by atomic mass is 16.6. The van der Waals surface area contributed by atoms with Crippen LogP contribution in [0.2, 0.25) is 0 Å². The van der Waals surface area contributed by atoms with Gasteiger partial charge in [0, 0.05) is 31.0 Å². The van der Waals surface area contributed by atoms with Crippen molar-refractivity contribution in [3.8, 4) is 5.75 Å². The average Bonchev–Trinajstić information content (AvgIpc) is 3.42. The maximum absolute atomic E-state index is 12.9. The van der Waals surface area contributed by atoms with Gasteiger partial charge in [-0.3, -0.25) is 14.4 Å². The molecule has 2 aliphatic heterocycles. The standard InChI is InChI=1S/C28H33N5O6/c1-15(34)27(36)32-20-6-4-18(5-7-20)26-12-23(33-39-26)22-11-24(31-16(2)30-22)28(37)29-13-17-3-8-25-19(9-17)10-21(35)14-38-25/h3,8-9,11,15,18,20,26,34H,4-7,10,12-14H2,1-2H3,(H,29,37)(H,32,36)/t15-,18?,20?,26-/m0/s1. The molecule has 0 saturated heterocycles. The molecule has 0 bridgehead atoms. The summed E-state index contributed by atoms with van der Waals surface area (Å²) < 4.78 is 5.43. The van der Waals surface area contributed by atoms with Crippen LogP contribution in [0.25, 0.3) is 0 Å². The SMILES string of the molecule is Cc1nc(C(=O)NCc2ccc3c(c2)CC(=O)CO3)cc(C2=NO[C@H](C3CCC(NC(=O)[C@H](C)O)CC3)C2)n1. The van der Waals surface area contributed by atoms with Crippen LogP contribution in [-0.2, 0) is 27.4 Å². The number of fused-ring (bicyclic) bond motifs is 1. The van der Waals surface area contributed by atoms with E-state index in [0.29, 0.717) is 41.7 Å². The summed E-state index contributed by atoms with van der Waals surface area (Å²) in [6.07, 6.45) is 3.24. The third kappa shape index (κ3) is 6.42. The number of carbonyl (C=O) groups is 3. The lowest BCUT2D eigenvalue weighted by Gasteiger charge is -2.31. The van der Waals surface area contributed by atoms with Gasteiger partial charge in [-0.1, -0.05) is 11.2 Å². The Morgan fingerprint density at radius 1 is 1.15 bits per heavy atom. The van der Waals surface area contributed by atoms with E-state index in [1.54, 1.807) is 13.0 Å². The molecule has 1 aliphatic carbocycles. The highest BCUT2D eigenvalue weighted by molar-refractivity contribution is 6.02. The van der Waals surface area contributed by atoms with Gasteiger partial charge in [0.2, 0.25) is 5.91 Å². The quantitative estimate of drug-likeness (QED) is 0.485. The van der Waals surface area contributed by atoms with Crippen LogP contribution in [0.5, 0.6) is 5.75 Å². The lowest BCUT2D eigenvalue weighted by molar-refractivity contribution is -0.129. The number of carbonyl (C=O) groups excluding carboxylic acids is 3. The van der Waals surface area contributed by atoms with E-state index < -0.39 is 6.10 Å². The Bertz CT molecular complexity index is 1300. The zero-order valence-electron chi connectivity index (χ0n) is 22.1. The number of aryl methyl sites for hydroxylation is 1. The van der Waals surface area contributed by atoms with Crippen LogP contribution < -0.4 is 15.4 Å². The van der Waals surface area contributed by atoms with Crippen LogP contribution >= 0.6 is 0 Å². The van der Waals surface area contributed by atoms with Gasteiger partial charge in [-0.2, -0.15) is 0 Å². The van der Waals surface area contributed by atoms with Gasteiger partial charge in [0.05, 0.1) is 5.69 Å². The molecular formula is C28H33N5O6. The van der Waals surface area contributed by atoms with Gasteiger partial charge in [-0.25, -0.2) is 9.97 Å². The van der Waals surface area contributed by atoms with Crippen molar-refractivity contribution in [2.45, 2.75) is 77.2 Å². The number of ketones is 1. The van der Waals surface area contributed by atoms with E-state index in [-0.39, 0.29) is 48.6 Å². The van der Waals surface area contributed by atoms with Crippen LogP contribution in [0, 0.1) is 12.8 Å². The minimum Gasteiger partial charge on any atom is -0.486 e. The molecule has 2 amide bonds. The number of oxime groups is 1. The van der Waals surface area contributed by atoms with E-state index >= 15 is 0 Å². The average molecular weight is 536 g/mol. The van der Waals surface area contributed by atoms with Crippen LogP contribution in [-0.4, -0.2) is 63.2 Å². The Morgan fingerprint density at radius 2 is 1.95 bits per heavy atom. The number of ether oxygens (including phenoxy) is 1. The second-order valence-corrected chi connectivity index (χ2v) is 10.5. The summed E-state index contributed by atoms with van der Waals surface area (Å²) >= 11 is 0. The normalized spacial score (nSPS) is 23.1. The molecule has 3 aliphatic rings. The molecule has 39 heavy (non-hydrogen) atoms. The van der Waals surface area contributed by atoms with Crippen molar-refractivity contribution in [3.63, 3.8) is 0 Å². The lowest BCUT2D eigenvalue weighted by Crippen LogP contribution is -2.43. The van der Waals surface area contributed by atoms with E-state index in [0.717, 1.165) is 36.8 Å². The summed E-state index contributed by atoms with van der Waals surface area (Å²) in [5.41, 5.74) is 3.18. The fourth-order valence-corrected chi connectivity index (χ4v) is 5.31. The molecule has 2 atom stereocenters. The summed E-state index contributed by atoms with van der Waals surface area (Å²) in [4.78, 5) is 51.0. The van der Waals surface area contributed by atoms with E-state index in [9.17, 15) is 19.5 Å². The van der Waals surface area contributed by atoms with Crippen molar-refractivity contribution in [2.75, 3.05) is 6.61 Å². The number of amides is 2. The zero-order chi connectivity index (χ0) is 27.5. The number of nitrogens with one attached hydrogen (secondary N) is 2. The van der Waals surface area contributed by atoms with E-state index in [1.165, 1.54) is 6.92 Å². The van der Waals surface area contributed by atoms with Crippen molar-refractivity contribution >= 4 is 23.3 Å². The smallest absolute Gasteiger partial charge is 0.270 e. The van der Waals surface area contributed by atoms with Crippen molar-refractivity contribution in [3.05, 3.63) is 52.6 Å². The van der Waals surface area contributed by atoms with E-state index in [1.807, 2.05) is 18.2 Å². The molecule has 3 heterocycles. The number of aliphatic hydroxyl groups is 1. The van der Waals surface area contributed by atoms with Gasteiger partial charge >= 0.3 is 0 Å². The van der Waals surface area contributed by atoms with Crippen LogP contribution in [0.1, 0.15) is 72.2 Å². The number of rotatable bonds is 7. The van der Waals surface area contributed by atoms with Crippen LogP contribution in [0.15, 0.2) is 29.4 Å². The van der Waals surface area contributed by atoms with Crippen molar-refractivity contribution < 1.29 is 29.1 Å². The Morgan fingerprint density at radius 3 is 2.72 bits per heavy atom. The van der Waals surface area contributed by atoms with Crippen LogP contribution in [0.4, 0.5) is 0 Å². The molecular weight excluding hydrogens is 502 g/mol. The highest BCUT2D eigenvalue weighted by Crippen LogP contribution is 2.33. The topological polar surface area (TPSA) is 152 Å². The van der Waals surface area contributed by atoms with E-state index in [4.69, 9.17) is 9.57 Å². The summed E-state index contributed by atoms with van der Waals surface area (Å²) in [5, 5.41) is 19.5. The molecule has 0 radical (unpaired) electrons. The molecule has 5 rings (SSSR count). The predicted molar refractivity (Wildman–Crippen MR) is 140 cm³/mol. The first-order valence-electron chi connectivity index (χ1n) is 13.4. The molecule has 0 spiro atoms. The van der Waals surface area contributed by atoms with Crippen LogP contribution in [0.3, 0.4) is 0 Å². The number of aromatic nitrogens is 2. The largest absolute Gasteiger partial charge is 0.486 e.